The molecule has 10 nitrogen and oxygen atoms in total. The molecule has 0 unspecified atom stereocenters. The fourth-order valence-electron chi connectivity index (χ4n) is 4.56. The van der Waals surface area contributed by atoms with Crippen molar-refractivity contribution >= 4 is 37.6 Å². The maximum Gasteiger partial charge on any atom is 0.534 e. The molecule has 0 radical (unpaired) electrons. The number of thiophene rings is 1. The van der Waals surface area contributed by atoms with Crippen LogP contribution in [0.3, 0.4) is 0 Å². The lowest BCUT2D eigenvalue weighted by atomic mass is 9.99. The van der Waals surface area contributed by atoms with Crippen LogP contribution >= 0.6 is 11.3 Å². The van der Waals surface area contributed by atoms with Gasteiger partial charge < -0.3 is 18.6 Å². The summed E-state index contributed by atoms with van der Waals surface area (Å²) in [6.45, 7) is 9.39. The molecule has 16 heteroatoms. The van der Waals surface area contributed by atoms with E-state index in [2.05, 4.69) is 14.3 Å². The van der Waals surface area contributed by atoms with Crippen LogP contribution in [0.25, 0.3) is 32.6 Å². The van der Waals surface area contributed by atoms with Crippen molar-refractivity contribution in [3.05, 3.63) is 47.2 Å². The number of hydrogen-bond acceptors (Lipinski definition) is 9. The normalized spacial score (nSPS) is 14.2. The number of nitrogens with zero attached hydrogens (tertiary/aromatic N) is 4. The fourth-order valence-corrected chi connectivity index (χ4v) is 5.94. The predicted molar refractivity (Wildman–Crippen MR) is 154 cm³/mol. The van der Waals surface area contributed by atoms with E-state index in [0.29, 0.717) is 21.5 Å². The third kappa shape index (κ3) is 6.31. The van der Waals surface area contributed by atoms with E-state index in [-0.39, 0.29) is 48.3 Å². The number of carbonyl (C=O) groups excluding carboxylic acids is 1. The minimum absolute atomic E-state index is 0.0125. The van der Waals surface area contributed by atoms with Crippen LogP contribution in [0.4, 0.5) is 22.4 Å². The Morgan fingerprint density at radius 2 is 1.82 bits per heavy atom. The number of amides is 1. The number of ether oxygens (including phenoxy) is 2. The van der Waals surface area contributed by atoms with E-state index in [4.69, 9.17) is 9.47 Å². The van der Waals surface area contributed by atoms with E-state index in [0.717, 1.165) is 11.3 Å². The summed E-state index contributed by atoms with van der Waals surface area (Å²) < 4.78 is 96.3. The summed E-state index contributed by atoms with van der Waals surface area (Å²) in [6, 6.07) is 6.79. The van der Waals surface area contributed by atoms with Crippen LogP contribution in [-0.4, -0.2) is 57.9 Å². The number of halogens is 4. The number of rotatable bonds is 6. The Morgan fingerprint density at radius 3 is 2.48 bits per heavy atom. The second kappa shape index (κ2) is 11.2. The lowest BCUT2D eigenvalue weighted by Gasteiger charge is -2.30. The molecule has 3 aromatic heterocycles. The van der Waals surface area contributed by atoms with Gasteiger partial charge in [0.2, 0.25) is 5.88 Å². The Balaban J connectivity index is 1.71. The van der Waals surface area contributed by atoms with E-state index in [1.807, 2.05) is 0 Å². The summed E-state index contributed by atoms with van der Waals surface area (Å²) in [5.41, 5.74) is -5.05. The van der Waals surface area contributed by atoms with Gasteiger partial charge in [-0.25, -0.2) is 14.2 Å². The van der Waals surface area contributed by atoms with Crippen LogP contribution in [0.2, 0.25) is 0 Å². The van der Waals surface area contributed by atoms with Gasteiger partial charge in [-0.15, -0.1) is 11.3 Å². The summed E-state index contributed by atoms with van der Waals surface area (Å²) in [5, 5.41) is 6.12. The molecule has 5 rings (SSSR count). The Hall–Kier alpha value is -3.92. The van der Waals surface area contributed by atoms with E-state index in [1.165, 1.54) is 34.5 Å². The third-order valence-corrected chi connectivity index (χ3v) is 8.19. The average molecular weight is 657 g/mol. The van der Waals surface area contributed by atoms with Gasteiger partial charge in [-0.2, -0.15) is 26.7 Å². The van der Waals surface area contributed by atoms with Gasteiger partial charge in [-0.3, -0.25) is 4.68 Å². The molecule has 0 atom stereocenters. The van der Waals surface area contributed by atoms with E-state index in [9.17, 15) is 30.8 Å². The highest BCUT2D eigenvalue weighted by atomic mass is 32.2. The molecule has 0 spiro atoms. The van der Waals surface area contributed by atoms with Gasteiger partial charge in [0.25, 0.3) is 0 Å². The molecule has 0 fully saturated rings. The van der Waals surface area contributed by atoms with Crippen molar-refractivity contribution in [3.8, 4) is 34.1 Å². The Kier molecular flexibility index (Phi) is 8.03. The van der Waals surface area contributed by atoms with Gasteiger partial charge >= 0.3 is 21.7 Å². The van der Waals surface area contributed by atoms with Crippen molar-refractivity contribution in [1.82, 2.24) is 19.7 Å². The highest BCUT2D eigenvalue weighted by Gasteiger charge is 2.49. The van der Waals surface area contributed by atoms with Gasteiger partial charge in [0, 0.05) is 28.4 Å². The summed E-state index contributed by atoms with van der Waals surface area (Å²) in [6.07, 6.45) is -0.899. The minimum atomic E-state index is -6.08. The zero-order valence-electron chi connectivity index (χ0n) is 24.2. The summed E-state index contributed by atoms with van der Waals surface area (Å²) >= 11 is 1.09. The largest absolute Gasteiger partial charge is 0.534 e. The van der Waals surface area contributed by atoms with Gasteiger partial charge in [0.05, 0.1) is 30.3 Å². The van der Waals surface area contributed by atoms with E-state index in [1.54, 1.807) is 45.4 Å². The average Bonchev–Trinajstić information content (AvgIpc) is 3.54. The number of carbonyl (C=O) groups is 1. The molecule has 0 saturated carbocycles. The smallest absolute Gasteiger partial charge is 0.490 e. The number of fused-ring (bicyclic) bond motifs is 2. The first-order chi connectivity index (χ1) is 20.4. The molecule has 4 aromatic rings. The fraction of sp³-hybridized carbons (Fsp3) is 0.393. The maximum atomic E-state index is 14.4. The molecular weight excluding hydrogens is 628 g/mol. The van der Waals surface area contributed by atoms with Crippen molar-refractivity contribution in [1.29, 1.82) is 0 Å². The summed E-state index contributed by atoms with van der Waals surface area (Å²) in [7, 11) is -6.08. The maximum absolute atomic E-state index is 14.4. The van der Waals surface area contributed by atoms with Crippen molar-refractivity contribution in [3.63, 3.8) is 0 Å². The topological polar surface area (TPSA) is 113 Å². The van der Waals surface area contributed by atoms with E-state index < -0.39 is 39.0 Å². The molecule has 1 aromatic carbocycles. The minimum Gasteiger partial charge on any atom is -0.490 e. The van der Waals surface area contributed by atoms with Crippen LogP contribution in [0, 0.1) is 5.82 Å². The molecule has 4 heterocycles. The standard InChI is InChI=1S/C28H28F4N4O6S2/c1-15(2)40-21-12-16(29)6-7-18(21)22-23(33-25(19-8-11-43-24(19)22)42-44(38,39)28(30,31)32)20-13-17-14-35(9-10-36(17)34-20)26(37)41-27(3,4)5/h6-8,11-13,15H,9-10,14H2,1-5H3. The van der Waals surface area contributed by atoms with Crippen LogP contribution in [0.15, 0.2) is 35.7 Å². The van der Waals surface area contributed by atoms with Crippen molar-refractivity contribution < 1.29 is 44.4 Å². The summed E-state index contributed by atoms with van der Waals surface area (Å²) in [4.78, 5) is 18.5. The monoisotopic (exact) mass is 656 g/mol. The van der Waals surface area contributed by atoms with Gasteiger partial charge in [-0.05, 0) is 64.3 Å². The molecule has 1 aliphatic heterocycles. The highest BCUT2D eigenvalue weighted by Crippen LogP contribution is 2.46. The number of alkyl halides is 3. The van der Waals surface area contributed by atoms with Gasteiger partial charge in [0.15, 0.2) is 0 Å². The molecule has 1 amide bonds. The SMILES string of the molecule is CC(C)Oc1cc(F)ccc1-c1c(-c2cc3n(n2)CCN(C(=O)OC(C)(C)C)C3)nc(OS(=O)(=O)C(F)(F)F)c2ccsc12. The first-order valence-electron chi connectivity index (χ1n) is 13.4. The van der Waals surface area contributed by atoms with Gasteiger partial charge in [0.1, 0.15) is 28.6 Å². The zero-order valence-corrected chi connectivity index (χ0v) is 25.9. The van der Waals surface area contributed by atoms with Crippen molar-refractivity contribution in [2.75, 3.05) is 6.54 Å². The lowest BCUT2D eigenvalue weighted by Crippen LogP contribution is -2.41. The van der Waals surface area contributed by atoms with Gasteiger partial charge in [-0.1, -0.05) is 0 Å². The molecule has 0 aliphatic carbocycles. The van der Waals surface area contributed by atoms with Crippen LogP contribution in [-0.2, 0) is 27.9 Å². The quantitative estimate of drug-likeness (QED) is 0.128. The second-order valence-corrected chi connectivity index (χ2v) is 13.7. The Bertz CT molecular complexity index is 1840. The second-order valence-electron chi connectivity index (χ2n) is 11.2. The number of benzene rings is 1. The first kappa shape index (κ1) is 31.5. The van der Waals surface area contributed by atoms with Crippen LogP contribution in [0.5, 0.6) is 11.6 Å². The Morgan fingerprint density at radius 1 is 1.09 bits per heavy atom. The molecule has 1 aliphatic rings. The number of hydrogen-bond donors (Lipinski definition) is 0. The summed E-state index contributed by atoms with van der Waals surface area (Å²) in [5.74, 6) is -1.25. The number of aromatic nitrogens is 3. The van der Waals surface area contributed by atoms with Crippen molar-refractivity contribution in [2.24, 2.45) is 0 Å². The lowest BCUT2D eigenvalue weighted by molar-refractivity contribution is -0.0500. The molecule has 236 valence electrons. The van der Waals surface area contributed by atoms with Crippen LogP contribution < -0.4 is 8.92 Å². The third-order valence-electron chi connectivity index (χ3n) is 6.31. The highest BCUT2D eigenvalue weighted by molar-refractivity contribution is 7.88. The predicted octanol–water partition coefficient (Wildman–Crippen LogP) is 6.73. The van der Waals surface area contributed by atoms with E-state index >= 15 is 0 Å². The Labute approximate surface area is 254 Å². The molecule has 0 bridgehead atoms. The number of pyridine rings is 1. The molecular formula is C28H28F4N4O6S2. The van der Waals surface area contributed by atoms with Crippen molar-refractivity contribution in [2.45, 2.75) is 64.9 Å². The van der Waals surface area contributed by atoms with Crippen LogP contribution in [0.1, 0.15) is 40.3 Å². The molecule has 0 saturated heterocycles. The zero-order chi connectivity index (χ0) is 32.2. The first-order valence-corrected chi connectivity index (χ1v) is 15.7. The molecule has 44 heavy (non-hydrogen) atoms. The molecule has 0 N–H and O–H groups in total.